The highest BCUT2D eigenvalue weighted by Gasteiger charge is 2.20. The van der Waals surface area contributed by atoms with Gasteiger partial charge in [0, 0.05) is 44.2 Å². The molecule has 0 saturated carbocycles. The van der Waals surface area contributed by atoms with E-state index in [-0.39, 0.29) is 0 Å². The zero-order valence-corrected chi connectivity index (χ0v) is 19.3. The molecule has 0 radical (unpaired) electrons. The smallest absolute Gasteiger partial charge is 0.410 e. The molecule has 3 aromatic rings. The van der Waals surface area contributed by atoms with Crippen LogP contribution in [0.2, 0.25) is 0 Å². The normalized spacial score (nSPS) is 12.6. The molecule has 5 nitrogen and oxygen atoms in total. The average molecular weight is 430 g/mol. The number of rotatable bonds is 6. The van der Waals surface area contributed by atoms with Crippen LogP contribution in [0.15, 0.2) is 66.7 Å². The lowest BCUT2D eigenvalue weighted by atomic mass is 10.0. The molecule has 1 N–H and O–H groups in total. The van der Waals surface area contributed by atoms with Crippen LogP contribution in [-0.2, 0) is 13.0 Å². The van der Waals surface area contributed by atoms with Gasteiger partial charge >= 0.3 is 6.09 Å². The molecule has 1 aliphatic heterocycles. The van der Waals surface area contributed by atoms with Crippen molar-refractivity contribution in [1.29, 1.82) is 0 Å². The van der Waals surface area contributed by atoms with E-state index in [0.717, 1.165) is 25.2 Å². The number of hydrogen-bond acceptors (Lipinski definition) is 4. The SMILES string of the molecule is CC(C)c1ccc(NC(=O)Oc2ccc3c(c2)CCN3Cc2ccc(N(C)C)cc2)cc1. The Hall–Kier alpha value is -3.47. The number of nitrogens with zero attached hydrogens (tertiary/aromatic N) is 2. The molecule has 4 rings (SSSR count). The number of nitrogens with one attached hydrogen (secondary N) is 1. The van der Waals surface area contributed by atoms with Gasteiger partial charge < -0.3 is 14.5 Å². The van der Waals surface area contributed by atoms with Crippen LogP contribution in [-0.4, -0.2) is 26.7 Å². The van der Waals surface area contributed by atoms with Crippen molar-refractivity contribution in [3.63, 3.8) is 0 Å². The van der Waals surface area contributed by atoms with Crippen LogP contribution in [0, 0.1) is 0 Å². The fourth-order valence-corrected chi connectivity index (χ4v) is 4.00. The molecule has 5 heteroatoms. The summed E-state index contributed by atoms with van der Waals surface area (Å²) in [6, 6.07) is 22.4. The maximum absolute atomic E-state index is 12.3. The second kappa shape index (κ2) is 9.35. The van der Waals surface area contributed by atoms with Crippen molar-refractivity contribution >= 4 is 23.2 Å². The minimum Gasteiger partial charge on any atom is -0.410 e. The first-order chi connectivity index (χ1) is 15.4. The zero-order valence-electron chi connectivity index (χ0n) is 19.3. The number of hydrogen-bond donors (Lipinski definition) is 1. The summed E-state index contributed by atoms with van der Waals surface area (Å²) in [6.07, 6.45) is 0.471. The summed E-state index contributed by atoms with van der Waals surface area (Å²) in [6.45, 7) is 6.12. The predicted molar refractivity (Wildman–Crippen MR) is 132 cm³/mol. The molecule has 0 atom stereocenters. The molecule has 0 aromatic heterocycles. The Bertz CT molecular complexity index is 1070. The van der Waals surface area contributed by atoms with Crippen molar-refractivity contribution in [1.82, 2.24) is 0 Å². The van der Waals surface area contributed by atoms with E-state index < -0.39 is 6.09 Å². The highest BCUT2D eigenvalue weighted by atomic mass is 16.6. The van der Waals surface area contributed by atoms with Crippen molar-refractivity contribution in [2.24, 2.45) is 0 Å². The summed E-state index contributed by atoms with van der Waals surface area (Å²) in [5.41, 5.74) is 6.87. The van der Waals surface area contributed by atoms with Gasteiger partial charge in [0.1, 0.15) is 5.75 Å². The van der Waals surface area contributed by atoms with E-state index in [1.165, 1.54) is 28.1 Å². The monoisotopic (exact) mass is 429 g/mol. The molecule has 0 fully saturated rings. The summed E-state index contributed by atoms with van der Waals surface area (Å²) >= 11 is 0. The number of benzene rings is 3. The Morgan fingerprint density at radius 2 is 1.75 bits per heavy atom. The van der Waals surface area contributed by atoms with Gasteiger partial charge in [0.05, 0.1) is 0 Å². The summed E-state index contributed by atoms with van der Waals surface area (Å²) in [7, 11) is 4.10. The minimum atomic E-state index is -0.474. The standard InChI is InChI=1S/C27H31N3O2/c1-19(2)21-7-9-23(10-8-21)28-27(31)32-25-13-14-26-22(17-25)15-16-30(26)18-20-5-11-24(12-6-20)29(3)4/h5-14,17,19H,15-16,18H2,1-4H3,(H,28,31). The molecule has 166 valence electrons. The summed E-state index contributed by atoms with van der Waals surface area (Å²) in [5, 5.41) is 2.80. The topological polar surface area (TPSA) is 44.8 Å². The number of fused-ring (bicyclic) bond motifs is 1. The molecule has 3 aromatic carbocycles. The zero-order chi connectivity index (χ0) is 22.7. The van der Waals surface area contributed by atoms with Crippen LogP contribution in [0.4, 0.5) is 21.9 Å². The highest BCUT2D eigenvalue weighted by molar-refractivity contribution is 5.86. The Labute approximate surface area is 190 Å². The Kier molecular flexibility index (Phi) is 6.35. The van der Waals surface area contributed by atoms with E-state index in [9.17, 15) is 4.79 Å². The van der Waals surface area contributed by atoms with Crippen LogP contribution in [0.5, 0.6) is 5.75 Å². The number of anilines is 3. The summed E-state index contributed by atoms with van der Waals surface area (Å²) < 4.78 is 5.54. The van der Waals surface area contributed by atoms with Gasteiger partial charge in [0.15, 0.2) is 0 Å². The quantitative estimate of drug-likeness (QED) is 0.518. The molecule has 0 spiro atoms. The second-order valence-corrected chi connectivity index (χ2v) is 8.81. The third-order valence-electron chi connectivity index (χ3n) is 5.90. The molecular formula is C27H31N3O2. The van der Waals surface area contributed by atoms with Crippen LogP contribution < -0.4 is 19.9 Å². The van der Waals surface area contributed by atoms with Gasteiger partial charge in [-0.3, -0.25) is 5.32 Å². The Morgan fingerprint density at radius 1 is 1.03 bits per heavy atom. The molecular weight excluding hydrogens is 398 g/mol. The first kappa shape index (κ1) is 21.8. The second-order valence-electron chi connectivity index (χ2n) is 8.81. The lowest BCUT2D eigenvalue weighted by Crippen LogP contribution is -2.19. The van der Waals surface area contributed by atoms with Crippen molar-refractivity contribution in [2.45, 2.75) is 32.7 Å². The number of carbonyl (C=O) groups excluding carboxylic acids is 1. The predicted octanol–water partition coefficient (Wildman–Crippen LogP) is 6.05. The summed E-state index contributed by atoms with van der Waals surface area (Å²) in [5.74, 6) is 1.02. The molecule has 1 heterocycles. The van der Waals surface area contributed by atoms with E-state index >= 15 is 0 Å². The molecule has 32 heavy (non-hydrogen) atoms. The van der Waals surface area contributed by atoms with Crippen molar-refractivity contribution in [3.05, 3.63) is 83.4 Å². The fraction of sp³-hybridized carbons (Fsp3) is 0.296. The van der Waals surface area contributed by atoms with Crippen molar-refractivity contribution in [2.75, 3.05) is 35.8 Å². The lowest BCUT2D eigenvalue weighted by Gasteiger charge is -2.20. The van der Waals surface area contributed by atoms with E-state index in [1.54, 1.807) is 0 Å². The average Bonchev–Trinajstić information content (AvgIpc) is 3.16. The highest BCUT2D eigenvalue weighted by Crippen LogP contribution is 2.32. The van der Waals surface area contributed by atoms with Gasteiger partial charge in [0.2, 0.25) is 0 Å². The van der Waals surface area contributed by atoms with Gasteiger partial charge in [-0.1, -0.05) is 38.1 Å². The summed E-state index contributed by atoms with van der Waals surface area (Å²) in [4.78, 5) is 16.8. The molecule has 0 unspecified atom stereocenters. The van der Waals surface area contributed by atoms with Crippen molar-refractivity contribution < 1.29 is 9.53 Å². The van der Waals surface area contributed by atoms with Gasteiger partial charge in [0.25, 0.3) is 0 Å². The van der Waals surface area contributed by atoms with E-state index in [2.05, 4.69) is 59.3 Å². The number of amides is 1. The molecule has 0 bridgehead atoms. The van der Waals surface area contributed by atoms with Crippen molar-refractivity contribution in [3.8, 4) is 5.75 Å². The molecule has 0 saturated heterocycles. The maximum atomic E-state index is 12.3. The minimum absolute atomic E-state index is 0.458. The molecule has 0 aliphatic carbocycles. The maximum Gasteiger partial charge on any atom is 0.417 e. The Balaban J connectivity index is 1.37. The van der Waals surface area contributed by atoms with E-state index in [1.807, 2.05) is 50.5 Å². The van der Waals surface area contributed by atoms with Crippen LogP contribution in [0.25, 0.3) is 0 Å². The Morgan fingerprint density at radius 3 is 2.41 bits per heavy atom. The van der Waals surface area contributed by atoms with Gasteiger partial charge in [-0.25, -0.2) is 4.79 Å². The largest absolute Gasteiger partial charge is 0.417 e. The lowest BCUT2D eigenvalue weighted by molar-refractivity contribution is 0.215. The first-order valence-electron chi connectivity index (χ1n) is 11.1. The number of carbonyl (C=O) groups is 1. The van der Waals surface area contributed by atoms with E-state index in [4.69, 9.17) is 4.74 Å². The van der Waals surface area contributed by atoms with Gasteiger partial charge in [-0.2, -0.15) is 0 Å². The fourth-order valence-electron chi connectivity index (χ4n) is 4.00. The van der Waals surface area contributed by atoms with Gasteiger partial charge in [-0.05, 0) is 71.5 Å². The van der Waals surface area contributed by atoms with Crippen LogP contribution >= 0.6 is 0 Å². The third kappa shape index (κ3) is 5.05. The molecule has 1 amide bonds. The molecule has 1 aliphatic rings. The number of ether oxygens (including phenoxy) is 1. The van der Waals surface area contributed by atoms with Crippen LogP contribution in [0.1, 0.15) is 36.5 Å². The van der Waals surface area contributed by atoms with Gasteiger partial charge in [-0.15, -0.1) is 0 Å². The first-order valence-corrected chi connectivity index (χ1v) is 11.1. The van der Waals surface area contributed by atoms with Crippen LogP contribution in [0.3, 0.4) is 0 Å². The van der Waals surface area contributed by atoms with E-state index in [0.29, 0.717) is 11.7 Å². The third-order valence-corrected chi connectivity index (χ3v) is 5.90.